The molecular formula is C18H27NO5S. The number of rotatable bonds is 5. The molecule has 1 amide bonds. The van der Waals surface area contributed by atoms with Crippen LogP contribution in [-0.2, 0) is 24.2 Å². The predicted octanol–water partition coefficient (Wildman–Crippen LogP) is 1.44. The lowest BCUT2D eigenvalue weighted by atomic mass is 9.49. The molecule has 0 aromatic heterocycles. The van der Waals surface area contributed by atoms with E-state index in [2.05, 4.69) is 5.32 Å². The molecule has 5 fully saturated rings. The lowest BCUT2D eigenvalue weighted by Gasteiger charge is -2.56. The first-order valence-corrected chi connectivity index (χ1v) is 11.3. The Balaban J connectivity index is 1.24. The summed E-state index contributed by atoms with van der Waals surface area (Å²) in [6.45, 7) is -0.304. The van der Waals surface area contributed by atoms with Gasteiger partial charge in [-0.1, -0.05) is 0 Å². The van der Waals surface area contributed by atoms with Crippen LogP contribution in [0.1, 0.15) is 51.4 Å². The maximum absolute atomic E-state index is 12.3. The fourth-order valence-electron chi connectivity index (χ4n) is 6.19. The summed E-state index contributed by atoms with van der Waals surface area (Å²) in [7, 11) is -3.03. The number of ether oxygens (including phenoxy) is 1. The second-order valence-corrected chi connectivity index (χ2v) is 11.2. The summed E-state index contributed by atoms with van der Waals surface area (Å²) in [6.07, 6.45) is 8.29. The molecule has 4 aliphatic carbocycles. The summed E-state index contributed by atoms with van der Waals surface area (Å²) in [4.78, 5) is 24.2. The zero-order valence-corrected chi connectivity index (χ0v) is 15.4. The molecule has 4 saturated carbocycles. The van der Waals surface area contributed by atoms with Crippen LogP contribution in [0.5, 0.6) is 0 Å². The summed E-state index contributed by atoms with van der Waals surface area (Å²) in [5, 5.41) is 2.65. The first-order valence-electron chi connectivity index (χ1n) is 9.46. The van der Waals surface area contributed by atoms with Gasteiger partial charge in [-0.05, 0) is 68.1 Å². The highest BCUT2D eigenvalue weighted by Crippen LogP contribution is 2.61. The normalized spacial score (nSPS) is 40.8. The van der Waals surface area contributed by atoms with Gasteiger partial charge in [0.25, 0.3) is 5.91 Å². The van der Waals surface area contributed by atoms with Crippen molar-refractivity contribution in [1.82, 2.24) is 5.32 Å². The van der Waals surface area contributed by atoms with E-state index in [1.807, 2.05) is 0 Å². The van der Waals surface area contributed by atoms with Crippen molar-refractivity contribution >= 4 is 21.7 Å². The molecule has 0 spiro atoms. The highest BCUT2D eigenvalue weighted by molar-refractivity contribution is 7.91. The molecule has 1 heterocycles. The van der Waals surface area contributed by atoms with Gasteiger partial charge in [-0.15, -0.1) is 0 Å². The fourth-order valence-corrected chi connectivity index (χ4v) is 7.86. The molecular weight excluding hydrogens is 342 g/mol. The van der Waals surface area contributed by atoms with Gasteiger partial charge >= 0.3 is 5.97 Å². The molecule has 5 aliphatic rings. The lowest BCUT2D eigenvalue weighted by molar-refractivity contribution is -0.155. The maximum atomic E-state index is 12.3. The Kier molecular flexibility index (Phi) is 4.33. The molecule has 7 heteroatoms. The monoisotopic (exact) mass is 369 g/mol. The molecule has 0 aromatic carbocycles. The third kappa shape index (κ3) is 3.86. The van der Waals surface area contributed by atoms with Gasteiger partial charge in [0.05, 0.1) is 17.9 Å². The van der Waals surface area contributed by atoms with Crippen molar-refractivity contribution in [2.45, 2.75) is 57.4 Å². The van der Waals surface area contributed by atoms with E-state index in [4.69, 9.17) is 4.74 Å². The number of nitrogens with one attached hydrogen (secondary N) is 1. The first kappa shape index (κ1) is 17.3. The smallest absolute Gasteiger partial charge is 0.306 e. The summed E-state index contributed by atoms with van der Waals surface area (Å²) < 4.78 is 28.0. The Hall–Kier alpha value is -1.11. The van der Waals surface area contributed by atoms with E-state index in [-0.39, 0.29) is 35.5 Å². The molecule has 1 N–H and O–H groups in total. The van der Waals surface area contributed by atoms with E-state index in [0.717, 1.165) is 37.0 Å². The Morgan fingerprint density at radius 2 is 1.64 bits per heavy atom. The molecule has 1 aliphatic heterocycles. The average molecular weight is 369 g/mol. The first-order chi connectivity index (χ1) is 11.8. The Labute approximate surface area is 149 Å². The van der Waals surface area contributed by atoms with Crippen LogP contribution in [0.2, 0.25) is 0 Å². The number of hydrogen-bond acceptors (Lipinski definition) is 5. The zero-order chi connectivity index (χ0) is 17.7. The van der Waals surface area contributed by atoms with Crippen molar-refractivity contribution in [2.24, 2.45) is 23.2 Å². The van der Waals surface area contributed by atoms with Crippen molar-refractivity contribution in [3.05, 3.63) is 0 Å². The predicted molar refractivity (Wildman–Crippen MR) is 91.4 cm³/mol. The quantitative estimate of drug-likeness (QED) is 0.741. The van der Waals surface area contributed by atoms with Gasteiger partial charge in [0.1, 0.15) is 0 Å². The number of hydrogen-bond donors (Lipinski definition) is 1. The van der Waals surface area contributed by atoms with Crippen LogP contribution in [0.3, 0.4) is 0 Å². The number of esters is 1. The minimum Gasteiger partial charge on any atom is -0.456 e. The van der Waals surface area contributed by atoms with E-state index < -0.39 is 15.7 Å². The molecule has 6 nitrogen and oxygen atoms in total. The van der Waals surface area contributed by atoms with Crippen LogP contribution in [0, 0.1) is 23.2 Å². The molecule has 1 saturated heterocycles. The minimum absolute atomic E-state index is 0.0139. The van der Waals surface area contributed by atoms with E-state index in [9.17, 15) is 18.0 Å². The third-order valence-electron chi connectivity index (χ3n) is 6.65. The van der Waals surface area contributed by atoms with Crippen molar-refractivity contribution in [3.63, 3.8) is 0 Å². The van der Waals surface area contributed by atoms with E-state index in [1.165, 1.54) is 19.3 Å². The van der Waals surface area contributed by atoms with Crippen LogP contribution >= 0.6 is 0 Å². The lowest BCUT2D eigenvalue weighted by Crippen LogP contribution is -2.47. The van der Waals surface area contributed by atoms with Gasteiger partial charge in [-0.25, -0.2) is 8.42 Å². The third-order valence-corrected chi connectivity index (χ3v) is 8.41. The molecule has 25 heavy (non-hydrogen) atoms. The largest absolute Gasteiger partial charge is 0.456 e. The van der Waals surface area contributed by atoms with Gasteiger partial charge in [-0.3, -0.25) is 9.59 Å². The van der Waals surface area contributed by atoms with Crippen LogP contribution in [0.15, 0.2) is 0 Å². The van der Waals surface area contributed by atoms with Gasteiger partial charge in [0, 0.05) is 6.04 Å². The number of carbonyl (C=O) groups excluding carboxylic acids is 2. The SMILES string of the molecule is O=C(COC(=O)CC12CC3CC(CC(C3)C1)C2)NC1CCS(=O)(=O)C1. The summed E-state index contributed by atoms with van der Waals surface area (Å²) in [5.74, 6) is 1.77. The number of sulfone groups is 1. The summed E-state index contributed by atoms with van der Waals surface area (Å²) >= 11 is 0. The highest BCUT2D eigenvalue weighted by atomic mass is 32.2. The number of amides is 1. The fraction of sp³-hybridized carbons (Fsp3) is 0.889. The molecule has 140 valence electrons. The highest BCUT2D eigenvalue weighted by Gasteiger charge is 2.51. The topological polar surface area (TPSA) is 89.5 Å². The van der Waals surface area contributed by atoms with Gasteiger partial charge in [-0.2, -0.15) is 0 Å². The van der Waals surface area contributed by atoms with Crippen molar-refractivity contribution in [3.8, 4) is 0 Å². The maximum Gasteiger partial charge on any atom is 0.306 e. The summed E-state index contributed by atoms with van der Waals surface area (Å²) in [6, 6.07) is -0.348. The number of carbonyl (C=O) groups is 2. The second kappa shape index (κ2) is 6.25. The molecule has 1 unspecified atom stereocenters. The Bertz CT molecular complexity index is 636. The van der Waals surface area contributed by atoms with Crippen LogP contribution in [0.25, 0.3) is 0 Å². The van der Waals surface area contributed by atoms with E-state index in [0.29, 0.717) is 12.8 Å². The van der Waals surface area contributed by atoms with Crippen LogP contribution in [0.4, 0.5) is 0 Å². The van der Waals surface area contributed by atoms with Crippen LogP contribution in [-0.4, -0.2) is 44.4 Å². The van der Waals surface area contributed by atoms with Crippen LogP contribution < -0.4 is 5.32 Å². The Morgan fingerprint density at radius 1 is 1.04 bits per heavy atom. The Morgan fingerprint density at radius 3 is 2.16 bits per heavy atom. The molecule has 4 bridgehead atoms. The van der Waals surface area contributed by atoms with Gasteiger partial charge < -0.3 is 10.1 Å². The molecule has 0 radical (unpaired) electrons. The summed E-state index contributed by atoms with van der Waals surface area (Å²) in [5.41, 5.74) is 0.113. The minimum atomic E-state index is -3.03. The van der Waals surface area contributed by atoms with Crippen molar-refractivity contribution in [2.75, 3.05) is 18.1 Å². The van der Waals surface area contributed by atoms with E-state index in [1.54, 1.807) is 0 Å². The van der Waals surface area contributed by atoms with Gasteiger partial charge in [0.15, 0.2) is 16.4 Å². The molecule has 0 aromatic rings. The standard InChI is InChI=1S/C18H27NO5S/c20-16(19-15-1-2-25(22,23)11-15)10-24-17(21)9-18-6-12-3-13(7-18)5-14(4-12)8-18/h12-15H,1-11H2,(H,19,20). The van der Waals surface area contributed by atoms with Crippen molar-refractivity contribution in [1.29, 1.82) is 0 Å². The average Bonchev–Trinajstić information content (AvgIpc) is 2.82. The molecule has 1 atom stereocenters. The molecule has 5 rings (SSSR count). The second-order valence-electron chi connectivity index (χ2n) is 8.92. The van der Waals surface area contributed by atoms with E-state index >= 15 is 0 Å². The van der Waals surface area contributed by atoms with Crippen molar-refractivity contribution < 1.29 is 22.7 Å². The van der Waals surface area contributed by atoms with Gasteiger partial charge in [0.2, 0.25) is 0 Å². The zero-order valence-electron chi connectivity index (χ0n) is 14.5.